The van der Waals surface area contributed by atoms with E-state index in [-0.39, 0.29) is 17.7 Å². The Morgan fingerprint density at radius 1 is 1.00 bits per heavy atom. The first-order chi connectivity index (χ1) is 13.9. The van der Waals surface area contributed by atoms with Crippen molar-refractivity contribution >= 4 is 23.2 Å². The second-order valence-electron chi connectivity index (χ2n) is 7.66. The molecule has 0 spiro atoms. The third kappa shape index (κ3) is 5.81. The number of carbonyl (C=O) groups excluding carboxylic acids is 2. The van der Waals surface area contributed by atoms with Gasteiger partial charge in [-0.1, -0.05) is 23.8 Å². The smallest absolute Gasteiger partial charge is 0.238 e. The van der Waals surface area contributed by atoms with Crippen molar-refractivity contribution in [2.24, 2.45) is 5.92 Å². The number of hydrogen-bond donors (Lipinski definition) is 2. The molecule has 6 nitrogen and oxygen atoms in total. The molecule has 0 saturated carbocycles. The minimum atomic E-state index is -0.0587. The van der Waals surface area contributed by atoms with E-state index in [0.717, 1.165) is 42.7 Å². The van der Waals surface area contributed by atoms with Gasteiger partial charge in [-0.05, 0) is 69.6 Å². The highest BCUT2D eigenvalue weighted by Gasteiger charge is 2.26. The number of likely N-dealkylation sites (tertiary alicyclic amines) is 1. The maximum absolute atomic E-state index is 12.7. The number of nitrogens with one attached hydrogen (secondary N) is 2. The predicted octanol–water partition coefficient (Wildman–Crippen LogP) is 3.60. The summed E-state index contributed by atoms with van der Waals surface area (Å²) in [5.41, 5.74) is 3.74. The summed E-state index contributed by atoms with van der Waals surface area (Å²) in [5, 5.41) is 5.93. The predicted molar refractivity (Wildman–Crippen MR) is 115 cm³/mol. The van der Waals surface area contributed by atoms with E-state index < -0.39 is 0 Å². The molecule has 2 aromatic rings. The molecular formula is C23H29N3O3. The van der Waals surface area contributed by atoms with Gasteiger partial charge in [-0.25, -0.2) is 0 Å². The topological polar surface area (TPSA) is 70.7 Å². The van der Waals surface area contributed by atoms with Gasteiger partial charge in [0.1, 0.15) is 5.75 Å². The van der Waals surface area contributed by atoms with Crippen molar-refractivity contribution in [1.29, 1.82) is 0 Å². The zero-order valence-corrected chi connectivity index (χ0v) is 17.3. The summed E-state index contributed by atoms with van der Waals surface area (Å²) in [7, 11) is 1.60. The lowest BCUT2D eigenvalue weighted by atomic mass is 9.95. The SMILES string of the molecule is COc1ccc(C)cc1NC(=O)C1CCN(CC(=O)Nc2ccc(C)cc2)CC1. The van der Waals surface area contributed by atoms with Crippen LogP contribution in [0.4, 0.5) is 11.4 Å². The van der Waals surface area contributed by atoms with Gasteiger partial charge in [0.05, 0.1) is 19.3 Å². The monoisotopic (exact) mass is 395 g/mol. The van der Waals surface area contributed by atoms with Crippen molar-refractivity contribution in [3.63, 3.8) is 0 Å². The number of amides is 2. The molecule has 0 radical (unpaired) electrons. The van der Waals surface area contributed by atoms with Crippen molar-refractivity contribution in [3.8, 4) is 5.75 Å². The van der Waals surface area contributed by atoms with Crippen molar-refractivity contribution in [2.45, 2.75) is 26.7 Å². The first kappa shape index (κ1) is 20.9. The van der Waals surface area contributed by atoms with Gasteiger partial charge in [0.2, 0.25) is 11.8 Å². The fourth-order valence-electron chi connectivity index (χ4n) is 3.55. The van der Waals surface area contributed by atoms with E-state index in [1.54, 1.807) is 7.11 Å². The molecule has 0 aliphatic carbocycles. The molecule has 2 amide bonds. The fourth-order valence-corrected chi connectivity index (χ4v) is 3.55. The highest BCUT2D eigenvalue weighted by molar-refractivity contribution is 5.94. The number of rotatable bonds is 6. The Balaban J connectivity index is 1.47. The van der Waals surface area contributed by atoms with Crippen LogP contribution in [0.3, 0.4) is 0 Å². The molecular weight excluding hydrogens is 366 g/mol. The first-order valence-corrected chi connectivity index (χ1v) is 9.99. The molecule has 1 aliphatic heterocycles. The molecule has 1 aliphatic rings. The number of carbonyl (C=O) groups is 2. The van der Waals surface area contributed by atoms with Crippen LogP contribution < -0.4 is 15.4 Å². The average molecular weight is 396 g/mol. The molecule has 0 bridgehead atoms. The molecule has 1 saturated heterocycles. The lowest BCUT2D eigenvalue weighted by Gasteiger charge is -2.30. The normalized spacial score (nSPS) is 15.0. The van der Waals surface area contributed by atoms with E-state index in [1.165, 1.54) is 0 Å². The van der Waals surface area contributed by atoms with Gasteiger partial charge in [-0.15, -0.1) is 0 Å². The average Bonchev–Trinajstić information content (AvgIpc) is 2.70. The van der Waals surface area contributed by atoms with Crippen LogP contribution in [-0.2, 0) is 9.59 Å². The van der Waals surface area contributed by atoms with Crippen LogP contribution >= 0.6 is 0 Å². The van der Waals surface area contributed by atoms with Gasteiger partial charge >= 0.3 is 0 Å². The van der Waals surface area contributed by atoms with Gasteiger partial charge in [-0.3, -0.25) is 14.5 Å². The molecule has 29 heavy (non-hydrogen) atoms. The first-order valence-electron chi connectivity index (χ1n) is 9.99. The van der Waals surface area contributed by atoms with E-state index in [9.17, 15) is 9.59 Å². The summed E-state index contributed by atoms with van der Waals surface area (Å²) in [4.78, 5) is 27.1. The highest BCUT2D eigenvalue weighted by Crippen LogP contribution is 2.27. The molecule has 2 aromatic carbocycles. The summed E-state index contributed by atoms with van der Waals surface area (Å²) < 4.78 is 5.34. The van der Waals surface area contributed by atoms with E-state index in [1.807, 2.05) is 56.3 Å². The Morgan fingerprint density at radius 2 is 1.66 bits per heavy atom. The summed E-state index contributed by atoms with van der Waals surface area (Å²) in [6.45, 7) is 5.79. The second-order valence-corrected chi connectivity index (χ2v) is 7.66. The standard InChI is InChI=1S/C23H29N3O3/c1-16-4-7-19(8-5-16)24-22(27)15-26-12-10-18(11-13-26)23(28)25-20-14-17(2)6-9-21(20)29-3/h4-9,14,18H,10-13,15H2,1-3H3,(H,24,27)(H,25,28). The van der Waals surface area contributed by atoms with E-state index in [2.05, 4.69) is 15.5 Å². The Kier molecular flexibility index (Phi) is 6.88. The molecule has 3 rings (SSSR count). The van der Waals surface area contributed by atoms with E-state index >= 15 is 0 Å². The lowest BCUT2D eigenvalue weighted by Crippen LogP contribution is -2.41. The van der Waals surface area contributed by atoms with Crippen LogP contribution in [0.1, 0.15) is 24.0 Å². The molecule has 1 fully saturated rings. The quantitative estimate of drug-likeness (QED) is 0.784. The summed E-state index contributed by atoms with van der Waals surface area (Å²) in [6, 6.07) is 13.5. The Labute approximate surface area is 172 Å². The van der Waals surface area contributed by atoms with E-state index in [4.69, 9.17) is 4.74 Å². The molecule has 154 valence electrons. The fraction of sp³-hybridized carbons (Fsp3) is 0.391. The van der Waals surface area contributed by atoms with Crippen molar-refractivity contribution in [3.05, 3.63) is 53.6 Å². The lowest BCUT2D eigenvalue weighted by molar-refractivity contribution is -0.121. The Bertz CT molecular complexity index is 856. The zero-order valence-electron chi connectivity index (χ0n) is 17.3. The summed E-state index contributed by atoms with van der Waals surface area (Å²) in [6.07, 6.45) is 1.47. The van der Waals surface area contributed by atoms with Crippen LogP contribution in [0.5, 0.6) is 5.75 Å². The molecule has 0 unspecified atom stereocenters. The number of anilines is 2. The molecule has 6 heteroatoms. The van der Waals surface area contributed by atoms with Crippen molar-refractivity contribution < 1.29 is 14.3 Å². The number of piperidine rings is 1. The van der Waals surface area contributed by atoms with Crippen LogP contribution in [0.15, 0.2) is 42.5 Å². The maximum atomic E-state index is 12.7. The Morgan fingerprint density at radius 3 is 2.31 bits per heavy atom. The van der Waals surface area contributed by atoms with Gasteiger partial charge in [-0.2, -0.15) is 0 Å². The minimum absolute atomic E-state index is 0.0117. The number of benzene rings is 2. The zero-order chi connectivity index (χ0) is 20.8. The largest absolute Gasteiger partial charge is 0.495 e. The van der Waals surface area contributed by atoms with Gasteiger partial charge < -0.3 is 15.4 Å². The molecule has 1 heterocycles. The van der Waals surface area contributed by atoms with Crippen LogP contribution in [0.25, 0.3) is 0 Å². The summed E-state index contributed by atoms with van der Waals surface area (Å²) in [5.74, 6) is 0.588. The van der Waals surface area contributed by atoms with Gasteiger partial charge in [0, 0.05) is 11.6 Å². The number of methoxy groups -OCH3 is 1. The summed E-state index contributed by atoms with van der Waals surface area (Å²) >= 11 is 0. The van der Waals surface area contributed by atoms with Crippen molar-refractivity contribution in [2.75, 3.05) is 37.4 Å². The molecule has 2 N–H and O–H groups in total. The second kappa shape index (κ2) is 9.56. The highest BCUT2D eigenvalue weighted by atomic mass is 16.5. The Hall–Kier alpha value is -2.86. The minimum Gasteiger partial charge on any atom is -0.495 e. The molecule has 0 atom stereocenters. The van der Waals surface area contributed by atoms with Gasteiger partial charge in [0.25, 0.3) is 0 Å². The number of nitrogens with zero attached hydrogens (tertiary/aromatic N) is 1. The number of aryl methyl sites for hydroxylation is 2. The van der Waals surface area contributed by atoms with Gasteiger partial charge in [0.15, 0.2) is 0 Å². The third-order valence-corrected chi connectivity index (χ3v) is 5.27. The third-order valence-electron chi connectivity index (χ3n) is 5.27. The number of hydrogen-bond acceptors (Lipinski definition) is 4. The van der Waals surface area contributed by atoms with Crippen LogP contribution in [-0.4, -0.2) is 43.5 Å². The maximum Gasteiger partial charge on any atom is 0.238 e. The molecule has 0 aromatic heterocycles. The van der Waals surface area contributed by atoms with Crippen molar-refractivity contribution in [1.82, 2.24) is 4.90 Å². The van der Waals surface area contributed by atoms with Crippen LogP contribution in [0.2, 0.25) is 0 Å². The van der Waals surface area contributed by atoms with Crippen LogP contribution in [0, 0.1) is 19.8 Å². The van der Waals surface area contributed by atoms with E-state index in [0.29, 0.717) is 18.0 Å². The number of ether oxygens (including phenoxy) is 1.